The van der Waals surface area contributed by atoms with Crippen LogP contribution in [0.2, 0.25) is 0 Å². The van der Waals surface area contributed by atoms with Crippen LogP contribution in [0.5, 0.6) is 5.75 Å². The fraction of sp³-hybridized carbons (Fsp3) is 0.0714. The van der Waals surface area contributed by atoms with Gasteiger partial charge in [0.05, 0.1) is 18.7 Å². The van der Waals surface area contributed by atoms with Crippen molar-refractivity contribution in [2.24, 2.45) is 0 Å². The molecule has 0 fully saturated rings. The monoisotopic (exact) mass is 263 g/mol. The first-order valence-electron chi connectivity index (χ1n) is 5.30. The zero-order chi connectivity index (χ0) is 14.0. The van der Waals surface area contributed by atoms with E-state index in [-0.39, 0.29) is 16.7 Å². The molecule has 0 aromatic heterocycles. The fourth-order valence-corrected chi connectivity index (χ4v) is 1.70. The van der Waals surface area contributed by atoms with Gasteiger partial charge in [-0.2, -0.15) is 5.26 Å². The Hall–Kier alpha value is -2.48. The van der Waals surface area contributed by atoms with Gasteiger partial charge in [-0.15, -0.1) is 0 Å². The molecule has 0 bridgehead atoms. The number of nitrogens with zero attached hydrogens (tertiary/aromatic N) is 1. The average molecular weight is 263 g/mol. The third-order valence-corrected chi connectivity index (χ3v) is 2.65. The summed E-state index contributed by atoms with van der Waals surface area (Å²) in [5.74, 6) is -2.66. The van der Waals surface area contributed by atoms with Crippen LogP contribution in [0.3, 0.4) is 0 Å². The van der Waals surface area contributed by atoms with Crippen molar-refractivity contribution in [1.82, 2.24) is 0 Å². The maximum atomic E-state index is 13.9. The predicted molar refractivity (Wildman–Crippen MR) is 63.0 cm³/mol. The smallest absolute Gasteiger partial charge is 0.160 e. The highest BCUT2D eigenvalue weighted by Crippen LogP contribution is 2.30. The number of rotatable bonds is 2. The third-order valence-electron chi connectivity index (χ3n) is 2.65. The van der Waals surface area contributed by atoms with E-state index in [1.54, 1.807) is 6.07 Å². The van der Waals surface area contributed by atoms with Crippen LogP contribution < -0.4 is 4.74 Å². The second-order valence-electron chi connectivity index (χ2n) is 3.77. The normalized spacial score (nSPS) is 10.1. The van der Waals surface area contributed by atoms with E-state index in [1.807, 2.05) is 0 Å². The molecular weight excluding hydrogens is 255 g/mol. The summed E-state index contributed by atoms with van der Waals surface area (Å²) in [7, 11) is 1.38. The molecule has 0 unspecified atom stereocenters. The lowest BCUT2D eigenvalue weighted by Gasteiger charge is -2.08. The molecule has 2 aromatic carbocycles. The molecule has 0 saturated carbocycles. The summed E-state index contributed by atoms with van der Waals surface area (Å²) in [6.07, 6.45) is 0. The Morgan fingerprint density at radius 2 is 1.63 bits per heavy atom. The molecule has 0 heterocycles. The summed E-state index contributed by atoms with van der Waals surface area (Å²) in [5.41, 5.74) is -0.124. The van der Waals surface area contributed by atoms with E-state index in [4.69, 9.17) is 10.00 Å². The molecule has 0 N–H and O–H groups in total. The van der Waals surface area contributed by atoms with E-state index >= 15 is 0 Å². The predicted octanol–water partition coefficient (Wildman–Crippen LogP) is 3.65. The van der Waals surface area contributed by atoms with Crippen LogP contribution in [0.1, 0.15) is 5.56 Å². The summed E-state index contributed by atoms with van der Waals surface area (Å²) in [6, 6.07) is 7.19. The molecular formula is C14H8F3NO. The number of hydrogen-bond donors (Lipinski definition) is 0. The minimum absolute atomic E-state index is 0.00144. The maximum absolute atomic E-state index is 13.9. The quantitative estimate of drug-likeness (QED) is 0.828. The second-order valence-corrected chi connectivity index (χ2v) is 3.77. The third kappa shape index (κ3) is 2.38. The van der Waals surface area contributed by atoms with Crippen molar-refractivity contribution in [3.63, 3.8) is 0 Å². The van der Waals surface area contributed by atoms with Crippen LogP contribution in [0.4, 0.5) is 13.2 Å². The Morgan fingerprint density at radius 1 is 0.947 bits per heavy atom. The molecule has 0 spiro atoms. The van der Waals surface area contributed by atoms with E-state index in [9.17, 15) is 13.2 Å². The van der Waals surface area contributed by atoms with Gasteiger partial charge in [-0.05, 0) is 24.3 Å². The van der Waals surface area contributed by atoms with Crippen molar-refractivity contribution in [2.75, 3.05) is 7.11 Å². The topological polar surface area (TPSA) is 33.0 Å². The first-order chi connectivity index (χ1) is 9.06. The Labute approximate surface area is 107 Å². The summed E-state index contributed by atoms with van der Waals surface area (Å²) in [5, 5.41) is 8.90. The fourth-order valence-electron chi connectivity index (χ4n) is 1.70. The van der Waals surface area contributed by atoms with Gasteiger partial charge in [-0.3, -0.25) is 0 Å². The molecule has 5 heteroatoms. The van der Waals surface area contributed by atoms with Crippen LogP contribution in [-0.2, 0) is 0 Å². The molecule has 2 aromatic rings. The van der Waals surface area contributed by atoms with E-state index in [1.165, 1.54) is 19.2 Å². The molecule has 96 valence electrons. The summed E-state index contributed by atoms with van der Waals surface area (Å²) in [4.78, 5) is 0. The number of ether oxygens (including phenoxy) is 1. The highest BCUT2D eigenvalue weighted by molar-refractivity contribution is 5.71. The van der Waals surface area contributed by atoms with Gasteiger partial charge in [0.2, 0.25) is 0 Å². The number of hydrogen-bond acceptors (Lipinski definition) is 2. The largest absolute Gasteiger partial charge is 0.497 e. The Balaban J connectivity index is 2.65. The first kappa shape index (κ1) is 13.0. The first-order valence-corrected chi connectivity index (χ1v) is 5.30. The van der Waals surface area contributed by atoms with Crippen molar-refractivity contribution in [2.45, 2.75) is 0 Å². The van der Waals surface area contributed by atoms with Crippen molar-refractivity contribution in [1.29, 1.82) is 5.26 Å². The van der Waals surface area contributed by atoms with Gasteiger partial charge >= 0.3 is 0 Å². The second kappa shape index (κ2) is 5.02. The average Bonchev–Trinajstić information content (AvgIpc) is 2.41. The SMILES string of the molecule is COc1ccc(-c2cc(F)c(F)cc2C#N)c(F)c1. The molecule has 0 aliphatic heterocycles. The minimum Gasteiger partial charge on any atom is -0.497 e. The number of benzene rings is 2. The number of nitriles is 1. The highest BCUT2D eigenvalue weighted by Gasteiger charge is 2.15. The van der Waals surface area contributed by atoms with E-state index in [0.29, 0.717) is 5.75 Å². The van der Waals surface area contributed by atoms with Gasteiger partial charge in [0.1, 0.15) is 11.6 Å². The van der Waals surface area contributed by atoms with E-state index in [2.05, 4.69) is 0 Å². The number of halogens is 3. The van der Waals surface area contributed by atoms with Crippen molar-refractivity contribution in [3.8, 4) is 22.9 Å². The molecule has 0 aliphatic rings. The Bertz CT molecular complexity index is 677. The van der Waals surface area contributed by atoms with Gasteiger partial charge in [-0.25, -0.2) is 13.2 Å². The molecule has 0 aliphatic carbocycles. The van der Waals surface area contributed by atoms with Gasteiger partial charge in [0.25, 0.3) is 0 Å². The Morgan fingerprint density at radius 3 is 2.21 bits per heavy atom. The van der Waals surface area contributed by atoms with Crippen molar-refractivity contribution < 1.29 is 17.9 Å². The van der Waals surface area contributed by atoms with Crippen LogP contribution in [0.15, 0.2) is 30.3 Å². The lowest BCUT2D eigenvalue weighted by Crippen LogP contribution is -1.94. The molecule has 0 amide bonds. The van der Waals surface area contributed by atoms with E-state index < -0.39 is 17.5 Å². The molecule has 2 rings (SSSR count). The van der Waals surface area contributed by atoms with Crippen molar-refractivity contribution >= 4 is 0 Å². The standard InChI is InChI=1S/C14H8F3NO/c1-19-9-2-3-10(12(15)5-9)11-6-14(17)13(16)4-8(11)7-18/h2-6H,1H3. The molecule has 19 heavy (non-hydrogen) atoms. The van der Waals surface area contributed by atoms with Gasteiger partial charge in [-0.1, -0.05) is 0 Å². The molecule has 0 saturated heterocycles. The number of methoxy groups -OCH3 is 1. The van der Waals surface area contributed by atoms with Crippen LogP contribution in [0, 0.1) is 28.8 Å². The summed E-state index contributed by atoms with van der Waals surface area (Å²) in [6.45, 7) is 0. The zero-order valence-electron chi connectivity index (χ0n) is 9.88. The van der Waals surface area contributed by atoms with Crippen LogP contribution in [0.25, 0.3) is 11.1 Å². The van der Waals surface area contributed by atoms with E-state index in [0.717, 1.165) is 18.2 Å². The molecule has 2 nitrogen and oxygen atoms in total. The lowest BCUT2D eigenvalue weighted by atomic mass is 9.99. The lowest BCUT2D eigenvalue weighted by molar-refractivity contribution is 0.411. The van der Waals surface area contributed by atoms with Crippen LogP contribution in [-0.4, -0.2) is 7.11 Å². The highest BCUT2D eigenvalue weighted by atomic mass is 19.2. The zero-order valence-corrected chi connectivity index (χ0v) is 9.88. The minimum atomic E-state index is -1.14. The molecule has 0 atom stereocenters. The summed E-state index contributed by atoms with van der Waals surface area (Å²) >= 11 is 0. The van der Waals surface area contributed by atoms with Crippen LogP contribution >= 0.6 is 0 Å². The molecule has 0 radical (unpaired) electrons. The maximum Gasteiger partial charge on any atom is 0.160 e. The Kier molecular flexibility index (Phi) is 3.43. The summed E-state index contributed by atoms with van der Waals surface area (Å²) < 4.78 is 45.0. The van der Waals surface area contributed by atoms with Gasteiger partial charge in [0, 0.05) is 17.2 Å². The van der Waals surface area contributed by atoms with Gasteiger partial charge < -0.3 is 4.74 Å². The van der Waals surface area contributed by atoms with Crippen molar-refractivity contribution in [3.05, 3.63) is 53.3 Å². The van der Waals surface area contributed by atoms with Gasteiger partial charge in [0.15, 0.2) is 11.6 Å².